The number of pyridine rings is 1. The van der Waals surface area contributed by atoms with Crippen molar-refractivity contribution in [3.8, 4) is 0 Å². The molecule has 0 atom stereocenters. The minimum absolute atomic E-state index is 0.127. The van der Waals surface area contributed by atoms with Crippen LogP contribution < -0.4 is 10.9 Å². The van der Waals surface area contributed by atoms with Crippen molar-refractivity contribution < 1.29 is 0 Å². The van der Waals surface area contributed by atoms with Gasteiger partial charge in [0.05, 0.1) is 23.5 Å². The second-order valence-corrected chi connectivity index (χ2v) is 4.67. The van der Waals surface area contributed by atoms with Crippen LogP contribution in [-0.4, -0.2) is 26.2 Å². The van der Waals surface area contributed by atoms with Crippen LogP contribution in [0.2, 0.25) is 5.02 Å². The first-order valence-corrected chi connectivity index (χ1v) is 6.43. The third-order valence-electron chi connectivity index (χ3n) is 3.03. The molecule has 3 aromatic rings. The zero-order valence-electron chi connectivity index (χ0n) is 10.7. The molecular weight excluding hydrogens is 278 g/mol. The molecule has 3 rings (SSSR count). The predicted octanol–water partition coefficient (Wildman–Crippen LogP) is 1.63. The number of anilines is 1. The minimum Gasteiger partial charge on any atom is -0.373 e. The van der Waals surface area contributed by atoms with Crippen LogP contribution >= 0.6 is 11.6 Å². The SMILES string of the molecule is CNc1ccc(Cl)c(Cn2ccn3nccc3c2=O)n1. The standard InChI is InChI=1S/C13H12ClN5O/c1-15-12-3-2-9(14)10(17-12)8-18-6-7-19-11(13(18)20)4-5-16-19/h2-7H,8H2,1H3,(H,15,17). The van der Waals surface area contributed by atoms with Crippen molar-refractivity contribution in [1.29, 1.82) is 0 Å². The molecule has 3 heterocycles. The average molecular weight is 290 g/mol. The summed E-state index contributed by atoms with van der Waals surface area (Å²) in [6.07, 6.45) is 4.99. The lowest BCUT2D eigenvalue weighted by Gasteiger charge is -2.09. The molecule has 3 aromatic heterocycles. The maximum absolute atomic E-state index is 12.3. The van der Waals surface area contributed by atoms with Gasteiger partial charge in [0.15, 0.2) is 0 Å². The van der Waals surface area contributed by atoms with E-state index in [4.69, 9.17) is 11.6 Å². The normalized spacial score (nSPS) is 10.9. The second-order valence-electron chi connectivity index (χ2n) is 4.27. The maximum atomic E-state index is 12.3. The van der Waals surface area contributed by atoms with Crippen LogP contribution in [0, 0.1) is 0 Å². The van der Waals surface area contributed by atoms with Gasteiger partial charge >= 0.3 is 0 Å². The van der Waals surface area contributed by atoms with E-state index in [-0.39, 0.29) is 5.56 Å². The molecule has 102 valence electrons. The van der Waals surface area contributed by atoms with Crippen LogP contribution in [-0.2, 0) is 6.54 Å². The highest BCUT2D eigenvalue weighted by molar-refractivity contribution is 6.31. The molecule has 0 aliphatic heterocycles. The van der Waals surface area contributed by atoms with E-state index in [2.05, 4.69) is 15.4 Å². The van der Waals surface area contributed by atoms with Crippen molar-refractivity contribution >= 4 is 22.9 Å². The molecule has 0 bridgehead atoms. The molecule has 6 nitrogen and oxygen atoms in total. The molecule has 0 saturated heterocycles. The van der Waals surface area contributed by atoms with E-state index in [1.54, 1.807) is 48.4 Å². The Morgan fingerprint density at radius 3 is 2.95 bits per heavy atom. The summed E-state index contributed by atoms with van der Waals surface area (Å²) >= 11 is 6.13. The van der Waals surface area contributed by atoms with Gasteiger partial charge in [0.25, 0.3) is 5.56 Å². The van der Waals surface area contributed by atoms with Crippen LogP contribution in [0.4, 0.5) is 5.82 Å². The Bertz CT molecular complexity index is 823. The van der Waals surface area contributed by atoms with Crippen molar-refractivity contribution in [1.82, 2.24) is 19.2 Å². The fourth-order valence-corrected chi connectivity index (χ4v) is 2.15. The number of rotatable bonds is 3. The lowest BCUT2D eigenvalue weighted by molar-refractivity contribution is 0.727. The van der Waals surface area contributed by atoms with Crippen LogP contribution in [0.5, 0.6) is 0 Å². The zero-order valence-corrected chi connectivity index (χ0v) is 11.5. The molecule has 0 radical (unpaired) electrons. The van der Waals surface area contributed by atoms with Crippen molar-refractivity contribution in [2.75, 3.05) is 12.4 Å². The maximum Gasteiger partial charge on any atom is 0.276 e. The van der Waals surface area contributed by atoms with Gasteiger partial charge in [0.2, 0.25) is 0 Å². The van der Waals surface area contributed by atoms with Gasteiger partial charge in [-0.25, -0.2) is 9.50 Å². The molecule has 0 amide bonds. The van der Waals surface area contributed by atoms with E-state index in [1.807, 2.05) is 0 Å². The molecule has 0 aliphatic rings. The first kappa shape index (κ1) is 12.7. The highest BCUT2D eigenvalue weighted by Crippen LogP contribution is 2.17. The van der Waals surface area contributed by atoms with Crippen molar-refractivity contribution in [3.63, 3.8) is 0 Å². The molecule has 0 unspecified atom stereocenters. The van der Waals surface area contributed by atoms with Gasteiger partial charge in [-0.3, -0.25) is 4.79 Å². The first-order chi connectivity index (χ1) is 9.69. The summed E-state index contributed by atoms with van der Waals surface area (Å²) in [6.45, 7) is 0.314. The lowest BCUT2D eigenvalue weighted by Crippen LogP contribution is -2.22. The van der Waals surface area contributed by atoms with Gasteiger partial charge in [-0.05, 0) is 18.2 Å². The quantitative estimate of drug-likeness (QED) is 0.796. The third-order valence-corrected chi connectivity index (χ3v) is 3.38. The van der Waals surface area contributed by atoms with Crippen LogP contribution in [0.15, 0.2) is 41.6 Å². The highest BCUT2D eigenvalue weighted by Gasteiger charge is 2.08. The van der Waals surface area contributed by atoms with E-state index < -0.39 is 0 Å². The summed E-state index contributed by atoms with van der Waals surface area (Å²) in [4.78, 5) is 16.6. The van der Waals surface area contributed by atoms with Crippen molar-refractivity contribution in [2.45, 2.75) is 6.54 Å². The Morgan fingerprint density at radius 2 is 2.15 bits per heavy atom. The molecule has 1 N–H and O–H groups in total. The minimum atomic E-state index is -0.127. The van der Waals surface area contributed by atoms with E-state index >= 15 is 0 Å². The van der Waals surface area contributed by atoms with E-state index in [1.165, 1.54) is 4.52 Å². The number of halogens is 1. The van der Waals surface area contributed by atoms with Crippen LogP contribution in [0.25, 0.3) is 5.52 Å². The number of fused-ring (bicyclic) bond motifs is 1. The monoisotopic (exact) mass is 289 g/mol. The molecule has 0 saturated carbocycles. The Kier molecular flexibility index (Phi) is 3.15. The largest absolute Gasteiger partial charge is 0.373 e. The predicted molar refractivity (Wildman–Crippen MR) is 77.3 cm³/mol. The summed E-state index contributed by atoms with van der Waals surface area (Å²) < 4.78 is 3.10. The molecule has 7 heteroatoms. The van der Waals surface area contributed by atoms with Gasteiger partial charge in [-0.1, -0.05) is 11.6 Å². The summed E-state index contributed by atoms with van der Waals surface area (Å²) in [5, 5.41) is 7.51. The molecule has 0 spiro atoms. The molecule has 0 aliphatic carbocycles. The number of nitrogens with zero attached hydrogens (tertiary/aromatic N) is 4. The fraction of sp³-hybridized carbons (Fsp3) is 0.154. The van der Waals surface area contributed by atoms with Crippen LogP contribution in [0.3, 0.4) is 0 Å². The van der Waals surface area contributed by atoms with Gasteiger partial charge in [-0.15, -0.1) is 0 Å². The summed E-state index contributed by atoms with van der Waals surface area (Å²) in [5.41, 5.74) is 1.04. The highest BCUT2D eigenvalue weighted by atomic mass is 35.5. The van der Waals surface area contributed by atoms with E-state index in [0.29, 0.717) is 28.6 Å². The van der Waals surface area contributed by atoms with Gasteiger partial charge in [0, 0.05) is 19.4 Å². The van der Waals surface area contributed by atoms with Gasteiger partial charge in [0.1, 0.15) is 11.3 Å². The van der Waals surface area contributed by atoms with E-state index in [9.17, 15) is 4.79 Å². The van der Waals surface area contributed by atoms with Crippen molar-refractivity contribution in [3.05, 3.63) is 57.9 Å². The summed E-state index contributed by atoms with van der Waals surface area (Å²) in [6, 6.07) is 5.23. The zero-order chi connectivity index (χ0) is 14.1. The molecule has 0 fully saturated rings. The van der Waals surface area contributed by atoms with Crippen molar-refractivity contribution in [2.24, 2.45) is 0 Å². The molecule has 0 aromatic carbocycles. The summed E-state index contributed by atoms with van der Waals surface area (Å²) in [7, 11) is 1.78. The first-order valence-electron chi connectivity index (χ1n) is 6.05. The topological polar surface area (TPSA) is 64.2 Å². The van der Waals surface area contributed by atoms with Gasteiger partial charge in [-0.2, -0.15) is 5.10 Å². The number of hydrogen-bond acceptors (Lipinski definition) is 4. The number of hydrogen-bond donors (Lipinski definition) is 1. The van der Waals surface area contributed by atoms with Gasteiger partial charge < -0.3 is 9.88 Å². The fourth-order valence-electron chi connectivity index (χ4n) is 1.98. The van der Waals surface area contributed by atoms with Crippen LogP contribution in [0.1, 0.15) is 5.69 Å². The summed E-state index contributed by atoms with van der Waals surface area (Å²) in [5.74, 6) is 0.711. The Hall–Kier alpha value is -2.34. The smallest absolute Gasteiger partial charge is 0.276 e. The lowest BCUT2D eigenvalue weighted by atomic mass is 10.3. The second kappa shape index (κ2) is 4.97. The Morgan fingerprint density at radius 1 is 1.30 bits per heavy atom. The molecular formula is C13H12ClN5O. The average Bonchev–Trinajstić information content (AvgIpc) is 2.93. The number of aromatic nitrogens is 4. The number of nitrogens with one attached hydrogen (secondary N) is 1. The Labute approximate surface area is 119 Å². The Balaban J connectivity index is 2.05. The molecule has 20 heavy (non-hydrogen) atoms. The third kappa shape index (κ3) is 2.14. The van der Waals surface area contributed by atoms with E-state index in [0.717, 1.165) is 0 Å².